The molecule has 0 spiro atoms. The van der Waals surface area contributed by atoms with Crippen LogP contribution in [0.5, 0.6) is 5.75 Å². The minimum absolute atomic E-state index is 0.103. The molecule has 1 amide bonds. The first-order valence-electron chi connectivity index (χ1n) is 10.00. The van der Waals surface area contributed by atoms with E-state index in [-0.39, 0.29) is 5.91 Å². The third kappa shape index (κ3) is 3.17. The lowest BCUT2D eigenvalue weighted by atomic mass is 9.95. The fraction of sp³-hybridized carbons (Fsp3) is 0.455. The number of amides is 1. The summed E-state index contributed by atoms with van der Waals surface area (Å²) in [4.78, 5) is 13.3. The van der Waals surface area contributed by atoms with Gasteiger partial charge in [-0.1, -0.05) is 19.3 Å². The van der Waals surface area contributed by atoms with Crippen molar-refractivity contribution >= 4 is 22.6 Å². The van der Waals surface area contributed by atoms with Crippen molar-refractivity contribution < 1.29 is 9.53 Å². The van der Waals surface area contributed by atoms with Gasteiger partial charge in [0, 0.05) is 35.8 Å². The van der Waals surface area contributed by atoms with Crippen molar-refractivity contribution in [2.75, 3.05) is 12.4 Å². The van der Waals surface area contributed by atoms with Crippen LogP contribution >= 0.6 is 0 Å². The number of methoxy groups -OCH3 is 1. The van der Waals surface area contributed by atoms with Crippen LogP contribution in [0.25, 0.3) is 10.9 Å². The molecule has 1 saturated carbocycles. The summed E-state index contributed by atoms with van der Waals surface area (Å²) in [6.45, 7) is 3.98. The molecule has 28 heavy (non-hydrogen) atoms. The van der Waals surface area contributed by atoms with Crippen LogP contribution in [-0.4, -0.2) is 27.4 Å². The number of fused-ring (bicyclic) bond motifs is 1. The summed E-state index contributed by atoms with van der Waals surface area (Å²) in [5, 5.41) is 8.31. The Hall–Kier alpha value is -2.76. The third-order valence-corrected chi connectivity index (χ3v) is 5.87. The molecular formula is C22H28N4O2. The van der Waals surface area contributed by atoms with Crippen molar-refractivity contribution in [3.05, 3.63) is 41.2 Å². The van der Waals surface area contributed by atoms with Crippen LogP contribution < -0.4 is 10.1 Å². The van der Waals surface area contributed by atoms with Gasteiger partial charge in [-0.3, -0.25) is 9.48 Å². The summed E-state index contributed by atoms with van der Waals surface area (Å²) in [6.07, 6.45) is 6.12. The van der Waals surface area contributed by atoms with Crippen molar-refractivity contribution in [1.82, 2.24) is 14.3 Å². The van der Waals surface area contributed by atoms with Crippen LogP contribution in [0.1, 0.15) is 59.9 Å². The zero-order chi connectivity index (χ0) is 19.8. The van der Waals surface area contributed by atoms with Crippen LogP contribution in [0.4, 0.5) is 5.82 Å². The van der Waals surface area contributed by atoms with Crippen LogP contribution in [0.3, 0.4) is 0 Å². The summed E-state index contributed by atoms with van der Waals surface area (Å²) in [5.74, 6) is 1.36. The number of aromatic nitrogens is 3. The van der Waals surface area contributed by atoms with E-state index in [1.165, 1.54) is 32.1 Å². The van der Waals surface area contributed by atoms with Crippen LogP contribution in [0.2, 0.25) is 0 Å². The molecule has 1 aliphatic carbocycles. The lowest BCUT2D eigenvalue weighted by molar-refractivity contribution is 0.102. The molecule has 0 atom stereocenters. The zero-order valence-electron chi connectivity index (χ0n) is 17.1. The number of anilines is 1. The Balaban J connectivity index is 1.82. The minimum Gasteiger partial charge on any atom is -0.497 e. The molecule has 2 heterocycles. The number of benzene rings is 1. The van der Waals surface area contributed by atoms with E-state index in [1.54, 1.807) is 11.8 Å². The first-order chi connectivity index (χ1) is 13.5. The molecule has 0 aliphatic heterocycles. The van der Waals surface area contributed by atoms with Crippen molar-refractivity contribution in [3.8, 4) is 5.75 Å². The van der Waals surface area contributed by atoms with Gasteiger partial charge in [-0.25, -0.2) is 0 Å². The second-order valence-corrected chi connectivity index (χ2v) is 7.75. The first-order valence-corrected chi connectivity index (χ1v) is 10.00. The fourth-order valence-electron chi connectivity index (χ4n) is 4.55. The summed E-state index contributed by atoms with van der Waals surface area (Å²) in [6, 6.07) is 8.37. The number of nitrogens with one attached hydrogen (secondary N) is 1. The quantitative estimate of drug-likeness (QED) is 0.710. The summed E-state index contributed by atoms with van der Waals surface area (Å²) >= 11 is 0. The van der Waals surface area contributed by atoms with Gasteiger partial charge < -0.3 is 14.6 Å². The number of hydrogen-bond donors (Lipinski definition) is 1. The maximum absolute atomic E-state index is 13.3. The second-order valence-electron chi connectivity index (χ2n) is 7.75. The van der Waals surface area contributed by atoms with E-state index in [0.29, 0.717) is 11.9 Å². The molecular weight excluding hydrogens is 352 g/mol. The van der Waals surface area contributed by atoms with E-state index in [1.807, 2.05) is 32.2 Å². The number of nitrogens with zero attached hydrogens (tertiary/aromatic N) is 3. The number of carbonyl (C=O) groups is 1. The first kappa shape index (κ1) is 18.6. The van der Waals surface area contributed by atoms with Crippen molar-refractivity contribution in [2.24, 2.45) is 7.05 Å². The number of rotatable bonds is 4. The average Bonchev–Trinajstić information content (AvgIpc) is 3.16. The highest BCUT2D eigenvalue weighted by Gasteiger charge is 2.26. The molecule has 1 aromatic carbocycles. The van der Waals surface area contributed by atoms with Crippen molar-refractivity contribution in [1.29, 1.82) is 0 Å². The average molecular weight is 380 g/mol. The van der Waals surface area contributed by atoms with E-state index in [0.717, 1.165) is 33.6 Å². The van der Waals surface area contributed by atoms with E-state index >= 15 is 0 Å². The summed E-state index contributed by atoms with van der Waals surface area (Å²) < 4.78 is 9.51. The topological polar surface area (TPSA) is 61.1 Å². The monoisotopic (exact) mass is 380 g/mol. The molecule has 2 aromatic heterocycles. The molecule has 0 saturated heterocycles. The van der Waals surface area contributed by atoms with Gasteiger partial charge in [0.25, 0.3) is 5.91 Å². The predicted molar refractivity (Wildman–Crippen MR) is 111 cm³/mol. The van der Waals surface area contributed by atoms with Gasteiger partial charge in [0.2, 0.25) is 0 Å². The summed E-state index contributed by atoms with van der Waals surface area (Å²) in [7, 11) is 3.49. The van der Waals surface area contributed by atoms with Gasteiger partial charge in [-0.05, 0) is 44.9 Å². The Morgan fingerprint density at radius 3 is 2.57 bits per heavy atom. The highest BCUT2D eigenvalue weighted by Crippen LogP contribution is 2.37. The standard InChI is InChI=1S/C22H28N4O2/c1-14-12-20(25(3)24-14)23-22(27)21-15(2)26(16-8-6-5-7-9-16)19-11-10-17(28-4)13-18(19)21/h10-13,16H,5-9H2,1-4H3,(H,23,27). The Labute approximate surface area is 165 Å². The van der Waals surface area contributed by atoms with Gasteiger partial charge in [0.05, 0.1) is 18.4 Å². The molecule has 0 radical (unpaired) electrons. The Kier molecular flexibility index (Phi) is 4.87. The van der Waals surface area contributed by atoms with E-state index < -0.39 is 0 Å². The molecule has 1 fully saturated rings. The van der Waals surface area contributed by atoms with E-state index in [9.17, 15) is 4.79 Å². The Morgan fingerprint density at radius 2 is 1.93 bits per heavy atom. The number of ether oxygens (including phenoxy) is 1. The highest BCUT2D eigenvalue weighted by molar-refractivity contribution is 6.14. The maximum atomic E-state index is 13.3. The SMILES string of the molecule is COc1ccc2c(c1)c(C(=O)Nc1cc(C)nn1C)c(C)n2C1CCCCC1. The molecule has 4 rings (SSSR count). The predicted octanol–water partition coefficient (Wildman–Crippen LogP) is 4.76. The Morgan fingerprint density at radius 1 is 1.18 bits per heavy atom. The van der Waals surface area contributed by atoms with Crippen LogP contribution in [0, 0.1) is 13.8 Å². The largest absolute Gasteiger partial charge is 0.497 e. The van der Waals surface area contributed by atoms with Crippen LogP contribution in [0.15, 0.2) is 24.3 Å². The van der Waals surface area contributed by atoms with E-state index in [2.05, 4.69) is 28.0 Å². The minimum atomic E-state index is -0.103. The molecule has 3 aromatic rings. The Bertz CT molecular complexity index is 1030. The third-order valence-electron chi connectivity index (χ3n) is 5.87. The van der Waals surface area contributed by atoms with Crippen molar-refractivity contribution in [2.45, 2.75) is 52.0 Å². The van der Waals surface area contributed by atoms with Gasteiger partial charge in [0.15, 0.2) is 0 Å². The van der Waals surface area contributed by atoms with Gasteiger partial charge in [0.1, 0.15) is 11.6 Å². The van der Waals surface area contributed by atoms with Gasteiger partial charge >= 0.3 is 0 Å². The lowest BCUT2D eigenvalue weighted by Crippen LogP contribution is -2.17. The maximum Gasteiger partial charge on any atom is 0.259 e. The number of aryl methyl sites for hydroxylation is 2. The van der Waals surface area contributed by atoms with E-state index in [4.69, 9.17) is 4.74 Å². The molecule has 6 nitrogen and oxygen atoms in total. The number of carbonyl (C=O) groups excluding carboxylic acids is 1. The number of hydrogen-bond acceptors (Lipinski definition) is 3. The molecule has 1 aliphatic rings. The van der Waals surface area contributed by atoms with Crippen molar-refractivity contribution in [3.63, 3.8) is 0 Å². The smallest absolute Gasteiger partial charge is 0.259 e. The fourth-order valence-corrected chi connectivity index (χ4v) is 4.55. The van der Waals surface area contributed by atoms with Crippen LogP contribution in [-0.2, 0) is 7.05 Å². The molecule has 0 unspecified atom stereocenters. The van der Waals surface area contributed by atoms with Gasteiger partial charge in [-0.15, -0.1) is 0 Å². The van der Waals surface area contributed by atoms with Gasteiger partial charge in [-0.2, -0.15) is 5.10 Å². The molecule has 148 valence electrons. The molecule has 6 heteroatoms. The normalized spacial score (nSPS) is 15.1. The second kappa shape index (κ2) is 7.34. The molecule has 1 N–H and O–H groups in total. The summed E-state index contributed by atoms with van der Waals surface area (Å²) in [5.41, 5.74) is 3.72. The zero-order valence-corrected chi connectivity index (χ0v) is 17.1. The molecule has 0 bridgehead atoms. The lowest BCUT2D eigenvalue weighted by Gasteiger charge is -2.26. The highest BCUT2D eigenvalue weighted by atomic mass is 16.5.